The van der Waals surface area contributed by atoms with Gasteiger partial charge in [-0.1, -0.05) is 27.7 Å². The first kappa shape index (κ1) is 28.6. The van der Waals surface area contributed by atoms with E-state index >= 15 is 0 Å². The number of halogens is 1. The van der Waals surface area contributed by atoms with Crippen LogP contribution in [-0.2, 0) is 21.2 Å². The molecule has 0 radical (unpaired) electrons. The summed E-state index contributed by atoms with van der Waals surface area (Å²) in [5, 5.41) is 6.47. The van der Waals surface area contributed by atoms with Gasteiger partial charge in [-0.3, -0.25) is 4.99 Å². The summed E-state index contributed by atoms with van der Waals surface area (Å²) in [6.07, 6.45) is 1.81. The fourth-order valence-corrected chi connectivity index (χ4v) is 5.48. The third-order valence-electron chi connectivity index (χ3n) is 4.20. The number of aliphatic imine (C=N–C) groups is 1. The third-order valence-corrected chi connectivity index (χ3v) is 7.86. The van der Waals surface area contributed by atoms with Gasteiger partial charge in [0, 0.05) is 44.7 Å². The SMILES string of the molecule is CCN(CC)S(=O)(=O)c1ccc(CCNC(=NC)NCCOCCC(C)C)s1.I. The van der Waals surface area contributed by atoms with Gasteiger partial charge >= 0.3 is 0 Å². The van der Waals surface area contributed by atoms with Crippen molar-refractivity contribution >= 4 is 51.3 Å². The van der Waals surface area contributed by atoms with Gasteiger partial charge in [-0.15, -0.1) is 35.3 Å². The molecule has 0 bridgehead atoms. The van der Waals surface area contributed by atoms with Crippen LogP contribution in [0, 0.1) is 5.92 Å². The van der Waals surface area contributed by atoms with Gasteiger partial charge < -0.3 is 15.4 Å². The first-order valence-corrected chi connectivity index (χ1v) is 12.2. The van der Waals surface area contributed by atoms with Crippen molar-refractivity contribution in [3.05, 3.63) is 17.0 Å². The van der Waals surface area contributed by atoms with Crippen LogP contribution in [0.3, 0.4) is 0 Å². The minimum absolute atomic E-state index is 0. The van der Waals surface area contributed by atoms with E-state index in [1.807, 2.05) is 19.9 Å². The second-order valence-corrected chi connectivity index (χ2v) is 10.1. The highest BCUT2D eigenvalue weighted by Crippen LogP contribution is 2.25. The maximum absolute atomic E-state index is 12.5. The van der Waals surface area contributed by atoms with Crippen LogP contribution < -0.4 is 10.6 Å². The van der Waals surface area contributed by atoms with Crippen LogP contribution in [0.15, 0.2) is 21.3 Å². The number of hydrogen-bond acceptors (Lipinski definition) is 5. The summed E-state index contributed by atoms with van der Waals surface area (Å²) in [6, 6.07) is 3.59. The van der Waals surface area contributed by atoms with Gasteiger partial charge in [0.1, 0.15) is 4.21 Å². The molecule has 0 aliphatic rings. The summed E-state index contributed by atoms with van der Waals surface area (Å²) in [5.41, 5.74) is 0. The number of hydrogen-bond donors (Lipinski definition) is 2. The predicted octanol–water partition coefficient (Wildman–Crippen LogP) is 3.17. The van der Waals surface area contributed by atoms with Crippen molar-refractivity contribution in [2.75, 3.05) is 46.4 Å². The monoisotopic (exact) mass is 560 g/mol. The van der Waals surface area contributed by atoms with Crippen molar-refractivity contribution in [1.29, 1.82) is 0 Å². The highest BCUT2D eigenvalue weighted by Gasteiger charge is 2.23. The van der Waals surface area contributed by atoms with Crippen LogP contribution in [0.2, 0.25) is 0 Å². The molecule has 0 unspecified atom stereocenters. The average molecular weight is 561 g/mol. The van der Waals surface area contributed by atoms with Crippen LogP contribution in [0.1, 0.15) is 39.0 Å². The minimum atomic E-state index is -3.37. The van der Waals surface area contributed by atoms with Crippen molar-refractivity contribution in [1.82, 2.24) is 14.9 Å². The van der Waals surface area contributed by atoms with Crippen molar-refractivity contribution in [3.63, 3.8) is 0 Å². The summed E-state index contributed by atoms with van der Waals surface area (Å²) in [5.74, 6) is 1.38. The quantitative estimate of drug-likeness (QED) is 0.168. The van der Waals surface area contributed by atoms with Gasteiger partial charge in [0.15, 0.2) is 5.96 Å². The number of rotatable bonds is 13. The van der Waals surface area contributed by atoms with Gasteiger partial charge in [-0.25, -0.2) is 8.42 Å². The molecule has 7 nitrogen and oxygen atoms in total. The molecule has 0 saturated carbocycles. The molecule has 0 amide bonds. The maximum Gasteiger partial charge on any atom is 0.252 e. The molecule has 0 aliphatic carbocycles. The Hall–Kier alpha value is -0.430. The van der Waals surface area contributed by atoms with Gasteiger partial charge in [0.05, 0.1) is 6.61 Å². The molecule has 1 aromatic rings. The third kappa shape index (κ3) is 10.4. The van der Waals surface area contributed by atoms with Crippen LogP contribution in [0.4, 0.5) is 0 Å². The average Bonchev–Trinajstić information content (AvgIpc) is 3.13. The topological polar surface area (TPSA) is 83.0 Å². The van der Waals surface area contributed by atoms with E-state index in [1.165, 1.54) is 15.6 Å². The standard InChI is InChI=1S/C19H36N4O3S2.HI/c1-6-23(7-2)28(24,25)18-9-8-17(27-18)10-12-21-19(20-5)22-13-15-26-14-11-16(3)4;/h8-9,16H,6-7,10-15H2,1-5H3,(H2,20,21,22);1H. The van der Waals surface area contributed by atoms with Crippen molar-refractivity contribution < 1.29 is 13.2 Å². The highest BCUT2D eigenvalue weighted by atomic mass is 127. The Bertz CT molecular complexity index is 689. The van der Waals surface area contributed by atoms with Gasteiger partial charge in [-0.2, -0.15) is 4.31 Å². The zero-order valence-electron chi connectivity index (χ0n) is 18.2. The lowest BCUT2D eigenvalue weighted by Crippen LogP contribution is -2.39. The van der Waals surface area contributed by atoms with E-state index in [-0.39, 0.29) is 24.0 Å². The summed E-state index contributed by atoms with van der Waals surface area (Å²) < 4.78 is 32.6. The van der Waals surface area contributed by atoms with Crippen LogP contribution in [0.5, 0.6) is 0 Å². The molecule has 10 heteroatoms. The Kier molecular flexibility index (Phi) is 15.2. The summed E-state index contributed by atoms with van der Waals surface area (Å²) in [4.78, 5) is 5.23. The number of ether oxygens (including phenoxy) is 1. The minimum Gasteiger partial charge on any atom is -0.380 e. The lowest BCUT2D eigenvalue weighted by molar-refractivity contribution is 0.128. The molecule has 1 aromatic heterocycles. The summed E-state index contributed by atoms with van der Waals surface area (Å²) in [6.45, 7) is 11.8. The molecule has 2 N–H and O–H groups in total. The van der Waals surface area contributed by atoms with E-state index in [2.05, 4.69) is 29.5 Å². The van der Waals surface area contributed by atoms with Crippen LogP contribution in [-0.4, -0.2) is 65.1 Å². The van der Waals surface area contributed by atoms with Crippen molar-refractivity contribution in [2.24, 2.45) is 10.9 Å². The molecule has 0 aliphatic heterocycles. The second kappa shape index (κ2) is 15.4. The fourth-order valence-electron chi connectivity index (χ4n) is 2.51. The maximum atomic E-state index is 12.5. The molecular weight excluding hydrogens is 523 g/mol. The van der Waals surface area contributed by atoms with E-state index in [9.17, 15) is 8.42 Å². The predicted molar refractivity (Wildman–Crippen MR) is 133 cm³/mol. The van der Waals surface area contributed by atoms with E-state index < -0.39 is 10.0 Å². The van der Waals surface area contributed by atoms with E-state index in [1.54, 1.807) is 13.1 Å². The van der Waals surface area contributed by atoms with Crippen LogP contribution >= 0.6 is 35.3 Å². The Balaban J connectivity index is 0.00000784. The Morgan fingerprint density at radius 2 is 1.83 bits per heavy atom. The Morgan fingerprint density at radius 1 is 1.17 bits per heavy atom. The van der Waals surface area contributed by atoms with Crippen molar-refractivity contribution in [2.45, 2.75) is 44.7 Å². The number of sulfonamides is 1. The second-order valence-electron chi connectivity index (χ2n) is 6.78. The summed E-state index contributed by atoms with van der Waals surface area (Å²) in [7, 11) is -1.64. The zero-order valence-corrected chi connectivity index (χ0v) is 22.2. The van der Waals surface area contributed by atoms with E-state index in [4.69, 9.17) is 4.74 Å². The zero-order chi connectivity index (χ0) is 21.0. The first-order chi connectivity index (χ1) is 13.3. The number of guanidine groups is 1. The Labute approximate surface area is 197 Å². The molecule has 1 rings (SSSR count). The summed E-state index contributed by atoms with van der Waals surface area (Å²) >= 11 is 1.34. The molecule has 0 aromatic carbocycles. The number of nitrogens with one attached hydrogen (secondary N) is 2. The van der Waals surface area contributed by atoms with E-state index in [0.717, 1.165) is 30.3 Å². The highest BCUT2D eigenvalue weighted by molar-refractivity contribution is 14.0. The fraction of sp³-hybridized carbons (Fsp3) is 0.737. The lowest BCUT2D eigenvalue weighted by Gasteiger charge is -2.16. The lowest BCUT2D eigenvalue weighted by atomic mass is 10.1. The largest absolute Gasteiger partial charge is 0.380 e. The van der Waals surface area contributed by atoms with Crippen molar-refractivity contribution in [3.8, 4) is 0 Å². The molecule has 170 valence electrons. The molecule has 0 saturated heterocycles. The van der Waals surface area contributed by atoms with Gasteiger partial charge in [-0.05, 0) is 30.9 Å². The molecular formula is C19H37IN4O3S2. The molecule has 29 heavy (non-hydrogen) atoms. The normalized spacial score (nSPS) is 12.3. The first-order valence-electron chi connectivity index (χ1n) is 9.96. The van der Waals surface area contributed by atoms with Gasteiger partial charge in [0.25, 0.3) is 10.0 Å². The number of nitrogens with zero attached hydrogens (tertiary/aromatic N) is 2. The van der Waals surface area contributed by atoms with Crippen LogP contribution in [0.25, 0.3) is 0 Å². The van der Waals surface area contributed by atoms with E-state index in [0.29, 0.717) is 42.9 Å². The molecule has 0 fully saturated rings. The molecule has 1 heterocycles. The Morgan fingerprint density at radius 3 is 2.41 bits per heavy atom. The molecule has 0 spiro atoms. The number of thiophene rings is 1. The smallest absolute Gasteiger partial charge is 0.252 e. The molecule has 0 atom stereocenters. The van der Waals surface area contributed by atoms with Gasteiger partial charge in [0.2, 0.25) is 0 Å².